The van der Waals surface area contributed by atoms with E-state index in [1.54, 1.807) is 0 Å². The Kier molecular flexibility index (Phi) is 11.1. The van der Waals surface area contributed by atoms with Crippen molar-refractivity contribution in [2.24, 2.45) is 0 Å². The summed E-state index contributed by atoms with van der Waals surface area (Å²) in [5.74, 6) is 0. The molecular weight excluding hydrogens is 296 g/mol. The topological polar surface area (TPSA) is 68.2 Å². The maximum absolute atomic E-state index is 10.5. The highest BCUT2D eigenvalue weighted by molar-refractivity contribution is 4.95. The molecule has 0 amide bonds. The van der Waals surface area contributed by atoms with E-state index in [2.05, 4.69) is 20.8 Å². The predicted octanol–water partition coefficient (Wildman–Crippen LogP) is 2.67. The number of aliphatic hydroxyl groups is 2. The Morgan fingerprint density at radius 3 is 1.70 bits per heavy atom. The Bertz CT molecular complexity index is 287. The maximum atomic E-state index is 10.5. The molecule has 138 valence electrons. The summed E-state index contributed by atoms with van der Waals surface area (Å²) >= 11 is 0. The van der Waals surface area contributed by atoms with E-state index in [4.69, 9.17) is 14.2 Å². The van der Waals surface area contributed by atoms with Crippen molar-refractivity contribution in [3.63, 3.8) is 0 Å². The summed E-state index contributed by atoms with van der Waals surface area (Å²) in [5.41, 5.74) is 0. The Hall–Kier alpha value is -0.200. The number of unbranched alkanes of at least 4 members (excludes halogenated alkanes) is 3. The highest BCUT2D eigenvalue weighted by atomic mass is 16.6. The molecule has 1 saturated carbocycles. The molecule has 1 fully saturated rings. The van der Waals surface area contributed by atoms with Gasteiger partial charge < -0.3 is 24.4 Å². The second-order valence-corrected chi connectivity index (χ2v) is 6.43. The molecule has 1 rings (SSSR count). The number of hydrogen-bond acceptors (Lipinski definition) is 5. The number of ether oxygens (including phenoxy) is 3. The standard InChI is InChI=1S/C18H36O5/c1-4-7-10-21-14-13-15(22-11-8-5-2)18(17(20)16(14)19)23-12-9-6-3/h14-20H,4-13H2,1-3H3/t14?,15?,16-,17?,18?/m1/s1. The molecule has 0 bridgehead atoms. The summed E-state index contributed by atoms with van der Waals surface area (Å²) in [6.45, 7) is 8.16. The van der Waals surface area contributed by atoms with Gasteiger partial charge in [0.2, 0.25) is 0 Å². The van der Waals surface area contributed by atoms with Crippen LogP contribution in [-0.4, -0.2) is 60.6 Å². The van der Waals surface area contributed by atoms with Crippen LogP contribution in [0, 0.1) is 0 Å². The predicted molar refractivity (Wildman–Crippen MR) is 90.6 cm³/mol. The minimum Gasteiger partial charge on any atom is -0.388 e. The van der Waals surface area contributed by atoms with Gasteiger partial charge in [-0.2, -0.15) is 0 Å². The molecule has 1 aliphatic carbocycles. The Morgan fingerprint density at radius 2 is 1.17 bits per heavy atom. The fourth-order valence-corrected chi connectivity index (χ4v) is 2.79. The van der Waals surface area contributed by atoms with Gasteiger partial charge in [0, 0.05) is 26.2 Å². The van der Waals surface area contributed by atoms with Crippen LogP contribution in [0.5, 0.6) is 0 Å². The molecule has 5 heteroatoms. The zero-order valence-corrected chi connectivity index (χ0v) is 15.1. The van der Waals surface area contributed by atoms with Crippen LogP contribution in [-0.2, 0) is 14.2 Å². The molecule has 23 heavy (non-hydrogen) atoms. The fourth-order valence-electron chi connectivity index (χ4n) is 2.79. The summed E-state index contributed by atoms with van der Waals surface area (Å²) in [6.07, 6.45) is 3.66. The minimum absolute atomic E-state index is 0.219. The number of hydrogen-bond donors (Lipinski definition) is 2. The smallest absolute Gasteiger partial charge is 0.112 e. The van der Waals surface area contributed by atoms with Crippen LogP contribution >= 0.6 is 0 Å². The lowest BCUT2D eigenvalue weighted by Crippen LogP contribution is -2.58. The zero-order valence-electron chi connectivity index (χ0n) is 15.1. The lowest BCUT2D eigenvalue weighted by molar-refractivity contribution is -0.215. The molecule has 2 N–H and O–H groups in total. The molecule has 1 aliphatic rings. The Morgan fingerprint density at radius 1 is 0.696 bits per heavy atom. The maximum Gasteiger partial charge on any atom is 0.112 e. The molecule has 5 nitrogen and oxygen atoms in total. The second-order valence-electron chi connectivity index (χ2n) is 6.43. The molecule has 0 aliphatic heterocycles. The molecule has 0 radical (unpaired) electrons. The van der Waals surface area contributed by atoms with Crippen LogP contribution in [0.15, 0.2) is 0 Å². The van der Waals surface area contributed by atoms with Crippen LogP contribution in [0.1, 0.15) is 65.7 Å². The number of rotatable bonds is 12. The van der Waals surface area contributed by atoms with Gasteiger partial charge in [-0.1, -0.05) is 40.0 Å². The van der Waals surface area contributed by atoms with Crippen LogP contribution in [0.4, 0.5) is 0 Å². The Labute approximate surface area is 141 Å². The summed E-state index contributed by atoms with van der Waals surface area (Å²) in [4.78, 5) is 0. The van der Waals surface area contributed by atoms with Crippen molar-refractivity contribution < 1.29 is 24.4 Å². The van der Waals surface area contributed by atoms with Gasteiger partial charge in [0.15, 0.2) is 0 Å². The molecule has 0 saturated heterocycles. The van der Waals surface area contributed by atoms with Gasteiger partial charge in [-0.05, 0) is 19.3 Å². The molecular formula is C18H36O5. The van der Waals surface area contributed by atoms with E-state index < -0.39 is 18.3 Å². The van der Waals surface area contributed by atoms with Crippen LogP contribution in [0.2, 0.25) is 0 Å². The van der Waals surface area contributed by atoms with E-state index in [0.29, 0.717) is 26.2 Å². The highest BCUT2D eigenvalue weighted by Gasteiger charge is 2.45. The van der Waals surface area contributed by atoms with Gasteiger partial charge in [0.25, 0.3) is 0 Å². The molecule has 0 aromatic carbocycles. The molecule has 0 heterocycles. The first-order valence-electron chi connectivity index (χ1n) is 9.36. The highest BCUT2D eigenvalue weighted by Crippen LogP contribution is 2.28. The average molecular weight is 332 g/mol. The van der Waals surface area contributed by atoms with Crippen molar-refractivity contribution >= 4 is 0 Å². The average Bonchev–Trinajstić information content (AvgIpc) is 2.55. The molecule has 0 aromatic rings. The molecule has 5 atom stereocenters. The number of aliphatic hydroxyl groups excluding tert-OH is 2. The van der Waals surface area contributed by atoms with Crippen LogP contribution in [0.25, 0.3) is 0 Å². The quantitative estimate of drug-likeness (QED) is 0.538. The summed E-state index contributed by atoms with van der Waals surface area (Å²) in [5, 5.41) is 20.8. The molecule has 0 aromatic heterocycles. The fraction of sp³-hybridized carbons (Fsp3) is 1.00. The van der Waals surface area contributed by atoms with Gasteiger partial charge >= 0.3 is 0 Å². The minimum atomic E-state index is -0.959. The first kappa shape index (κ1) is 20.8. The third kappa shape index (κ3) is 7.06. The van der Waals surface area contributed by atoms with Crippen molar-refractivity contribution in [1.82, 2.24) is 0 Å². The van der Waals surface area contributed by atoms with Crippen molar-refractivity contribution in [1.29, 1.82) is 0 Å². The van der Waals surface area contributed by atoms with Crippen molar-refractivity contribution in [2.75, 3.05) is 19.8 Å². The van der Waals surface area contributed by atoms with E-state index >= 15 is 0 Å². The van der Waals surface area contributed by atoms with Gasteiger partial charge in [-0.15, -0.1) is 0 Å². The SMILES string of the molecule is CCCCOC1CC(OCCCC)[C@@H](O)C(O)C1OCCCC. The van der Waals surface area contributed by atoms with Crippen LogP contribution in [0.3, 0.4) is 0 Å². The first-order chi connectivity index (χ1) is 11.2. The normalized spacial score (nSPS) is 31.4. The lowest BCUT2D eigenvalue weighted by atomic mass is 9.86. The van der Waals surface area contributed by atoms with Gasteiger partial charge in [-0.3, -0.25) is 0 Å². The van der Waals surface area contributed by atoms with Crippen LogP contribution < -0.4 is 0 Å². The van der Waals surface area contributed by atoms with Gasteiger partial charge in [0.1, 0.15) is 18.3 Å². The Balaban J connectivity index is 2.62. The van der Waals surface area contributed by atoms with Gasteiger partial charge in [-0.25, -0.2) is 0 Å². The monoisotopic (exact) mass is 332 g/mol. The third-order valence-electron chi connectivity index (χ3n) is 4.37. The summed E-state index contributed by atoms with van der Waals surface area (Å²) in [6, 6.07) is 0. The summed E-state index contributed by atoms with van der Waals surface area (Å²) in [7, 11) is 0. The van der Waals surface area contributed by atoms with Gasteiger partial charge in [0.05, 0.1) is 12.2 Å². The first-order valence-corrected chi connectivity index (χ1v) is 9.36. The largest absolute Gasteiger partial charge is 0.388 e. The lowest BCUT2D eigenvalue weighted by Gasteiger charge is -2.42. The third-order valence-corrected chi connectivity index (χ3v) is 4.37. The van der Waals surface area contributed by atoms with E-state index in [1.807, 2.05) is 0 Å². The van der Waals surface area contributed by atoms with Crippen molar-refractivity contribution in [2.45, 2.75) is 96.2 Å². The van der Waals surface area contributed by atoms with Crippen molar-refractivity contribution in [3.05, 3.63) is 0 Å². The second kappa shape index (κ2) is 12.2. The van der Waals surface area contributed by atoms with Crippen molar-refractivity contribution in [3.8, 4) is 0 Å². The summed E-state index contributed by atoms with van der Waals surface area (Å²) < 4.78 is 17.5. The molecule has 4 unspecified atom stereocenters. The van der Waals surface area contributed by atoms with E-state index in [9.17, 15) is 10.2 Å². The van der Waals surface area contributed by atoms with E-state index in [-0.39, 0.29) is 12.2 Å². The van der Waals surface area contributed by atoms with E-state index in [1.165, 1.54) is 0 Å². The van der Waals surface area contributed by atoms with E-state index in [0.717, 1.165) is 38.5 Å². The zero-order chi connectivity index (χ0) is 17.1. The molecule has 0 spiro atoms.